The first-order chi connectivity index (χ1) is 9.79. The molecule has 2 rings (SSSR count). The molecule has 0 aromatic carbocycles. The molecule has 4 nitrogen and oxygen atoms in total. The maximum atomic E-state index is 12.1. The number of nitrogens with zero attached hydrogens (tertiary/aromatic N) is 1. The summed E-state index contributed by atoms with van der Waals surface area (Å²) in [5.41, 5.74) is 0.957. The Labute approximate surface area is 120 Å². The first kappa shape index (κ1) is 15.0. The largest absolute Gasteiger partial charge is 0.396 e. The number of carbonyl (C=O) groups excluding carboxylic acids is 1. The van der Waals surface area contributed by atoms with E-state index in [4.69, 9.17) is 0 Å². The molecule has 1 saturated carbocycles. The average molecular weight is 276 g/mol. The van der Waals surface area contributed by atoms with Crippen molar-refractivity contribution < 1.29 is 9.90 Å². The van der Waals surface area contributed by atoms with Gasteiger partial charge in [-0.2, -0.15) is 0 Å². The molecule has 1 amide bonds. The maximum absolute atomic E-state index is 12.1. The van der Waals surface area contributed by atoms with Crippen LogP contribution in [0.1, 0.15) is 37.8 Å². The van der Waals surface area contributed by atoms with E-state index in [0.717, 1.165) is 31.4 Å². The van der Waals surface area contributed by atoms with Gasteiger partial charge < -0.3 is 10.4 Å². The molecular formula is C16H24N2O2. The van der Waals surface area contributed by atoms with Crippen LogP contribution in [0.5, 0.6) is 0 Å². The number of hydrogen-bond donors (Lipinski definition) is 2. The Bertz CT molecular complexity index is 402. The van der Waals surface area contributed by atoms with Gasteiger partial charge in [-0.05, 0) is 31.4 Å². The summed E-state index contributed by atoms with van der Waals surface area (Å²) < 4.78 is 0. The Kier molecular flexibility index (Phi) is 5.99. The minimum absolute atomic E-state index is 0.0393. The predicted octanol–water partition coefficient (Wildman–Crippen LogP) is 1.93. The normalized spacial score (nSPS) is 17.6. The van der Waals surface area contributed by atoms with Gasteiger partial charge in [-0.1, -0.05) is 25.3 Å². The zero-order valence-corrected chi connectivity index (χ0v) is 11.9. The highest BCUT2D eigenvalue weighted by atomic mass is 16.3. The molecule has 1 fully saturated rings. The smallest absolute Gasteiger partial charge is 0.223 e. The maximum Gasteiger partial charge on any atom is 0.223 e. The van der Waals surface area contributed by atoms with Crippen LogP contribution < -0.4 is 5.32 Å². The number of aliphatic hydroxyl groups excluding tert-OH is 1. The Morgan fingerprint density at radius 2 is 2.15 bits per heavy atom. The van der Waals surface area contributed by atoms with Crippen LogP contribution in [0.25, 0.3) is 0 Å². The zero-order valence-electron chi connectivity index (χ0n) is 11.9. The SMILES string of the molecule is O=C(NC[C@@H](CO)Cc1ccccn1)C1CCCCC1. The highest BCUT2D eigenvalue weighted by molar-refractivity contribution is 5.78. The zero-order chi connectivity index (χ0) is 14.2. The van der Waals surface area contributed by atoms with Crippen LogP contribution in [0, 0.1) is 11.8 Å². The highest BCUT2D eigenvalue weighted by Crippen LogP contribution is 2.23. The molecule has 0 spiro atoms. The van der Waals surface area contributed by atoms with Crippen molar-refractivity contribution in [2.75, 3.05) is 13.2 Å². The lowest BCUT2D eigenvalue weighted by Crippen LogP contribution is -2.36. The second kappa shape index (κ2) is 8.00. The van der Waals surface area contributed by atoms with Gasteiger partial charge in [0.25, 0.3) is 0 Å². The molecule has 0 saturated heterocycles. The van der Waals surface area contributed by atoms with Gasteiger partial charge in [0, 0.05) is 36.9 Å². The van der Waals surface area contributed by atoms with E-state index in [2.05, 4.69) is 10.3 Å². The van der Waals surface area contributed by atoms with Gasteiger partial charge in [0.15, 0.2) is 0 Å². The fraction of sp³-hybridized carbons (Fsp3) is 0.625. The van der Waals surface area contributed by atoms with E-state index in [-0.39, 0.29) is 24.3 Å². The molecule has 0 radical (unpaired) electrons. The van der Waals surface area contributed by atoms with Crippen molar-refractivity contribution in [3.8, 4) is 0 Å². The van der Waals surface area contributed by atoms with Crippen LogP contribution in [0.15, 0.2) is 24.4 Å². The summed E-state index contributed by atoms with van der Waals surface area (Å²) in [6, 6.07) is 5.77. The number of rotatable bonds is 6. The molecule has 1 aromatic heterocycles. The van der Waals surface area contributed by atoms with E-state index < -0.39 is 0 Å². The molecule has 4 heteroatoms. The molecule has 1 aromatic rings. The quantitative estimate of drug-likeness (QED) is 0.834. The topological polar surface area (TPSA) is 62.2 Å². The third-order valence-corrected chi connectivity index (χ3v) is 4.02. The first-order valence-corrected chi connectivity index (χ1v) is 7.58. The molecule has 20 heavy (non-hydrogen) atoms. The number of aromatic nitrogens is 1. The fourth-order valence-electron chi connectivity index (χ4n) is 2.77. The van der Waals surface area contributed by atoms with Gasteiger partial charge in [-0.3, -0.25) is 9.78 Å². The van der Waals surface area contributed by atoms with Crippen LogP contribution in [0.4, 0.5) is 0 Å². The van der Waals surface area contributed by atoms with Gasteiger partial charge in [0.05, 0.1) is 0 Å². The van der Waals surface area contributed by atoms with E-state index in [9.17, 15) is 9.90 Å². The number of pyridine rings is 1. The van der Waals surface area contributed by atoms with Crippen molar-refractivity contribution in [2.45, 2.75) is 38.5 Å². The summed E-state index contributed by atoms with van der Waals surface area (Å²) in [5.74, 6) is 0.375. The summed E-state index contributed by atoms with van der Waals surface area (Å²) in [4.78, 5) is 16.3. The number of aliphatic hydroxyl groups is 1. The van der Waals surface area contributed by atoms with Crippen LogP contribution >= 0.6 is 0 Å². The van der Waals surface area contributed by atoms with Crippen molar-refractivity contribution in [2.24, 2.45) is 11.8 Å². The van der Waals surface area contributed by atoms with Crippen molar-refractivity contribution in [1.82, 2.24) is 10.3 Å². The lowest BCUT2D eigenvalue weighted by atomic mass is 9.88. The minimum Gasteiger partial charge on any atom is -0.396 e. The predicted molar refractivity (Wildman–Crippen MR) is 78.1 cm³/mol. The van der Waals surface area contributed by atoms with E-state index in [1.807, 2.05) is 18.2 Å². The molecule has 1 aliphatic rings. The van der Waals surface area contributed by atoms with Crippen LogP contribution in [-0.4, -0.2) is 29.1 Å². The van der Waals surface area contributed by atoms with Gasteiger partial charge in [-0.25, -0.2) is 0 Å². The highest BCUT2D eigenvalue weighted by Gasteiger charge is 2.21. The third-order valence-electron chi connectivity index (χ3n) is 4.02. The summed E-state index contributed by atoms with van der Waals surface area (Å²) in [6.07, 6.45) is 8.05. The van der Waals surface area contributed by atoms with Crippen molar-refractivity contribution in [1.29, 1.82) is 0 Å². The summed E-state index contributed by atoms with van der Waals surface area (Å²) >= 11 is 0. The molecule has 2 N–H and O–H groups in total. The fourth-order valence-corrected chi connectivity index (χ4v) is 2.77. The van der Waals surface area contributed by atoms with E-state index in [1.165, 1.54) is 6.42 Å². The molecule has 1 aliphatic carbocycles. The average Bonchev–Trinajstić information content (AvgIpc) is 2.53. The summed E-state index contributed by atoms with van der Waals surface area (Å²) in [6.45, 7) is 0.601. The van der Waals surface area contributed by atoms with Crippen LogP contribution in [0.3, 0.4) is 0 Å². The first-order valence-electron chi connectivity index (χ1n) is 7.58. The van der Waals surface area contributed by atoms with Crippen molar-refractivity contribution in [3.05, 3.63) is 30.1 Å². The van der Waals surface area contributed by atoms with Gasteiger partial charge in [-0.15, -0.1) is 0 Å². The van der Waals surface area contributed by atoms with Gasteiger partial charge in [0.1, 0.15) is 0 Å². The second-order valence-electron chi connectivity index (χ2n) is 5.65. The molecule has 110 valence electrons. The molecule has 1 heterocycles. The standard InChI is InChI=1S/C16H24N2O2/c19-12-13(10-15-8-4-5-9-17-15)11-18-16(20)14-6-2-1-3-7-14/h4-5,8-9,13-14,19H,1-3,6-7,10-12H2,(H,18,20)/t13-/m0/s1. The third kappa shape index (κ3) is 4.60. The Balaban J connectivity index is 1.77. The molecule has 1 atom stereocenters. The molecule has 0 bridgehead atoms. The van der Waals surface area contributed by atoms with Gasteiger partial charge in [0.2, 0.25) is 5.91 Å². The lowest BCUT2D eigenvalue weighted by molar-refractivity contribution is -0.126. The molecule has 0 unspecified atom stereocenters. The van der Waals surface area contributed by atoms with E-state index in [1.54, 1.807) is 6.20 Å². The summed E-state index contributed by atoms with van der Waals surface area (Å²) in [7, 11) is 0. The van der Waals surface area contributed by atoms with Crippen LogP contribution in [0.2, 0.25) is 0 Å². The Morgan fingerprint density at radius 1 is 1.35 bits per heavy atom. The lowest BCUT2D eigenvalue weighted by Gasteiger charge is -2.22. The number of amides is 1. The molecular weight excluding hydrogens is 252 g/mol. The number of hydrogen-bond acceptors (Lipinski definition) is 3. The number of nitrogens with one attached hydrogen (secondary N) is 1. The van der Waals surface area contributed by atoms with Crippen LogP contribution in [-0.2, 0) is 11.2 Å². The Morgan fingerprint density at radius 3 is 2.80 bits per heavy atom. The molecule has 0 aliphatic heterocycles. The number of carbonyl (C=O) groups is 1. The van der Waals surface area contributed by atoms with Crippen molar-refractivity contribution >= 4 is 5.91 Å². The monoisotopic (exact) mass is 276 g/mol. The van der Waals surface area contributed by atoms with E-state index >= 15 is 0 Å². The summed E-state index contributed by atoms with van der Waals surface area (Å²) in [5, 5.41) is 12.4. The van der Waals surface area contributed by atoms with Crippen molar-refractivity contribution in [3.63, 3.8) is 0 Å². The minimum atomic E-state index is 0.0393. The van der Waals surface area contributed by atoms with Gasteiger partial charge >= 0.3 is 0 Å². The second-order valence-corrected chi connectivity index (χ2v) is 5.65. The Hall–Kier alpha value is -1.42. The van der Waals surface area contributed by atoms with E-state index in [0.29, 0.717) is 13.0 Å².